The van der Waals surface area contributed by atoms with Crippen LogP contribution in [-0.4, -0.2) is 23.9 Å². The third-order valence-corrected chi connectivity index (χ3v) is 2.28. The van der Waals surface area contributed by atoms with Gasteiger partial charge in [0.1, 0.15) is 0 Å². The van der Waals surface area contributed by atoms with E-state index in [0.29, 0.717) is 6.04 Å². The van der Waals surface area contributed by atoms with Crippen LogP contribution in [0.2, 0.25) is 0 Å². The van der Waals surface area contributed by atoms with E-state index in [0.717, 1.165) is 19.4 Å². The van der Waals surface area contributed by atoms with Crippen molar-refractivity contribution in [3.05, 3.63) is 0 Å². The second-order valence-corrected chi connectivity index (χ2v) is 3.05. The van der Waals surface area contributed by atoms with Crippen LogP contribution in [-0.2, 0) is 4.79 Å². The molecule has 0 aromatic carbocycles. The molecule has 88 valence electrons. The molecule has 1 unspecified atom stereocenters. The van der Waals surface area contributed by atoms with Gasteiger partial charge in [-0.2, -0.15) is 0 Å². The first kappa shape index (κ1) is 16.5. The minimum absolute atomic E-state index is 0.544. The maximum Gasteiger partial charge on any atom is 0.209 e. The fraction of sp³-hybridized carbons (Fsp3) is 0.769. The highest BCUT2D eigenvalue weighted by molar-refractivity contribution is 5.48. The van der Waals surface area contributed by atoms with E-state index in [-0.39, 0.29) is 0 Å². The molecule has 2 heteroatoms. The second kappa shape index (κ2) is 13.0. The second-order valence-electron chi connectivity index (χ2n) is 3.05. The topological polar surface area (TPSA) is 20.3 Å². The van der Waals surface area contributed by atoms with Gasteiger partial charge in [-0.15, -0.1) is 11.8 Å². The normalized spacial score (nSPS) is 17.4. The predicted molar refractivity (Wildman–Crippen MR) is 66.6 cm³/mol. The Balaban J connectivity index is 0. The Kier molecular flexibility index (Phi) is 14.3. The van der Waals surface area contributed by atoms with Gasteiger partial charge in [-0.25, -0.2) is 0 Å². The monoisotopic (exact) mass is 211 g/mol. The Labute approximate surface area is 95.0 Å². The number of rotatable bonds is 2. The highest BCUT2D eigenvalue weighted by Gasteiger charge is 2.20. The largest absolute Gasteiger partial charge is 0.342 e. The van der Waals surface area contributed by atoms with Gasteiger partial charge >= 0.3 is 0 Å². The number of amides is 1. The molecule has 15 heavy (non-hydrogen) atoms. The average Bonchev–Trinajstić information content (AvgIpc) is 2.79. The number of hydrogen-bond donors (Lipinski definition) is 0. The van der Waals surface area contributed by atoms with Crippen LogP contribution in [0.25, 0.3) is 0 Å². The van der Waals surface area contributed by atoms with Gasteiger partial charge in [0.15, 0.2) is 0 Å². The van der Waals surface area contributed by atoms with Crippen LogP contribution in [0.1, 0.15) is 53.9 Å². The number of carbonyl (C=O) groups excluding carboxylic acids is 1. The van der Waals surface area contributed by atoms with E-state index < -0.39 is 0 Å². The first-order valence-corrected chi connectivity index (χ1v) is 5.84. The van der Waals surface area contributed by atoms with Crippen molar-refractivity contribution in [2.24, 2.45) is 0 Å². The molecule has 0 N–H and O–H groups in total. The van der Waals surface area contributed by atoms with E-state index in [1.165, 1.54) is 12.8 Å². The summed E-state index contributed by atoms with van der Waals surface area (Å²) < 4.78 is 0. The Bertz CT molecular complexity index is 184. The van der Waals surface area contributed by atoms with Gasteiger partial charge in [-0.3, -0.25) is 4.79 Å². The van der Waals surface area contributed by atoms with Crippen LogP contribution < -0.4 is 0 Å². The van der Waals surface area contributed by atoms with Gasteiger partial charge in [-0.05, 0) is 33.1 Å². The lowest BCUT2D eigenvalue weighted by Crippen LogP contribution is -2.26. The fourth-order valence-corrected chi connectivity index (χ4v) is 1.44. The zero-order valence-electron chi connectivity index (χ0n) is 10.8. The van der Waals surface area contributed by atoms with Gasteiger partial charge in [0, 0.05) is 12.6 Å². The minimum Gasteiger partial charge on any atom is -0.342 e. The summed E-state index contributed by atoms with van der Waals surface area (Å²) in [5.41, 5.74) is 0. The van der Waals surface area contributed by atoms with Crippen LogP contribution in [0.15, 0.2) is 0 Å². The van der Waals surface area contributed by atoms with E-state index in [4.69, 9.17) is 0 Å². The van der Waals surface area contributed by atoms with Gasteiger partial charge in [0.05, 0.1) is 0 Å². The van der Waals surface area contributed by atoms with Gasteiger partial charge < -0.3 is 4.90 Å². The van der Waals surface area contributed by atoms with Crippen molar-refractivity contribution < 1.29 is 4.79 Å². The van der Waals surface area contributed by atoms with Crippen molar-refractivity contribution in [1.29, 1.82) is 0 Å². The van der Waals surface area contributed by atoms with Gasteiger partial charge in [0.2, 0.25) is 6.41 Å². The molecule has 0 radical (unpaired) electrons. The average molecular weight is 211 g/mol. The smallest absolute Gasteiger partial charge is 0.209 e. The molecule has 1 rings (SSSR count). The molecule has 0 saturated carbocycles. The first-order valence-electron chi connectivity index (χ1n) is 5.84. The van der Waals surface area contributed by atoms with Crippen LogP contribution in [0.5, 0.6) is 0 Å². The quantitative estimate of drug-likeness (QED) is 0.508. The summed E-state index contributed by atoms with van der Waals surface area (Å²) >= 11 is 0. The van der Waals surface area contributed by atoms with Crippen LogP contribution >= 0.6 is 0 Å². The molecular formula is C13H25NO. The minimum atomic E-state index is 0.544. The van der Waals surface area contributed by atoms with Crippen molar-refractivity contribution >= 4 is 6.41 Å². The number of carbonyl (C=O) groups is 1. The molecular weight excluding hydrogens is 186 g/mol. The summed E-state index contributed by atoms with van der Waals surface area (Å²) in [5, 5.41) is 0. The Hall–Kier alpha value is -0.970. The maximum absolute atomic E-state index is 10.3. The summed E-state index contributed by atoms with van der Waals surface area (Å²) in [6.07, 6.45) is 4.48. The fourth-order valence-electron chi connectivity index (χ4n) is 1.44. The van der Waals surface area contributed by atoms with Crippen molar-refractivity contribution in [3.63, 3.8) is 0 Å². The summed E-state index contributed by atoms with van der Waals surface area (Å²) in [6, 6.07) is 0.544. The maximum atomic E-state index is 10.3. The van der Waals surface area contributed by atoms with E-state index in [9.17, 15) is 4.79 Å². The molecule has 1 saturated heterocycles. The third kappa shape index (κ3) is 8.05. The molecule has 0 spiro atoms. The molecule has 1 heterocycles. The number of hydrogen-bond acceptors (Lipinski definition) is 1. The highest BCUT2D eigenvalue weighted by Crippen LogP contribution is 2.16. The molecule has 0 aromatic heterocycles. The zero-order valence-corrected chi connectivity index (χ0v) is 10.8. The molecule has 1 atom stereocenters. The van der Waals surface area contributed by atoms with Crippen molar-refractivity contribution in [1.82, 2.24) is 4.90 Å². The van der Waals surface area contributed by atoms with E-state index in [2.05, 4.69) is 18.8 Å². The number of nitrogens with zero attached hydrogens (tertiary/aromatic N) is 1. The molecule has 1 amide bonds. The van der Waals surface area contributed by atoms with Crippen molar-refractivity contribution in [2.45, 2.75) is 59.9 Å². The Morgan fingerprint density at radius 3 is 2.13 bits per heavy atom. The molecule has 1 aliphatic rings. The summed E-state index contributed by atoms with van der Waals surface area (Å²) in [7, 11) is 0. The summed E-state index contributed by atoms with van der Waals surface area (Å²) in [4.78, 5) is 12.2. The summed E-state index contributed by atoms with van der Waals surface area (Å²) in [6.45, 7) is 10.7. The lowest BCUT2D eigenvalue weighted by Gasteiger charge is -2.16. The van der Waals surface area contributed by atoms with Crippen LogP contribution in [0, 0.1) is 11.8 Å². The molecule has 2 nitrogen and oxygen atoms in total. The molecule has 0 aromatic rings. The molecule has 1 aliphatic heterocycles. The van der Waals surface area contributed by atoms with Gasteiger partial charge in [-0.1, -0.05) is 20.8 Å². The van der Waals surface area contributed by atoms with E-state index >= 15 is 0 Å². The zero-order chi connectivity index (χ0) is 12.1. The SMILES string of the molecule is CC.CC#CC.CCC1CCCN1C=O. The highest BCUT2D eigenvalue weighted by atomic mass is 16.1. The third-order valence-electron chi connectivity index (χ3n) is 2.28. The lowest BCUT2D eigenvalue weighted by atomic mass is 10.2. The summed E-state index contributed by atoms with van der Waals surface area (Å²) in [5.74, 6) is 5.36. The number of likely N-dealkylation sites (tertiary alicyclic amines) is 1. The van der Waals surface area contributed by atoms with Gasteiger partial charge in [0.25, 0.3) is 0 Å². The van der Waals surface area contributed by atoms with Crippen LogP contribution in [0.4, 0.5) is 0 Å². The Morgan fingerprint density at radius 2 is 1.87 bits per heavy atom. The van der Waals surface area contributed by atoms with Crippen LogP contribution in [0.3, 0.4) is 0 Å². The first-order chi connectivity index (χ1) is 7.29. The Morgan fingerprint density at radius 1 is 1.33 bits per heavy atom. The van der Waals surface area contributed by atoms with E-state index in [1.807, 2.05) is 32.6 Å². The predicted octanol–water partition coefficient (Wildman–Crippen LogP) is 3.07. The standard InChI is InChI=1S/C7H13NO.C4H6.C2H6/c1-2-7-4-3-5-8(7)6-9;1-3-4-2;1-2/h6-7H,2-5H2,1H3;1-2H3;1-2H3. The molecule has 1 fully saturated rings. The lowest BCUT2D eigenvalue weighted by molar-refractivity contribution is -0.118. The van der Waals surface area contributed by atoms with Crippen molar-refractivity contribution in [2.75, 3.05) is 6.54 Å². The molecule has 0 aliphatic carbocycles. The molecule has 0 bridgehead atoms. The van der Waals surface area contributed by atoms with E-state index in [1.54, 1.807) is 0 Å². The van der Waals surface area contributed by atoms with Crippen molar-refractivity contribution in [3.8, 4) is 11.8 Å².